The second kappa shape index (κ2) is 7.14. The van der Waals surface area contributed by atoms with Crippen molar-refractivity contribution in [2.24, 2.45) is 0 Å². The van der Waals surface area contributed by atoms with E-state index in [4.69, 9.17) is 15.2 Å². The fourth-order valence-electron chi connectivity index (χ4n) is 1.71. The van der Waals surface area contributed by atoms with Crippen molar-refractivity contribution in [1.82, 2.24) is 4.98 Å². The van der Waals surface area contributed by atoms with Gasteiger partial charge >= 0.3 is 0 Å². The SMILES string of the molecule is CCOc1ccccc1NC(=O)COc1cccnc1N. The lowest BCUT2D eigenvalue weighted by Gasteiger charge is -2.12. The quantitative estimate of drug-likeness (QED) is 0.849. The molecular formula is C15H17N3O3. The van der Waals surface area contributed by atoms with Gasteiger partial charge in [0, 0.05) is 6.20 Å². The number of nitrogens with one attached hydrogen (secondary N) is 1. The van der Waals surface area contributed by atoms with Gasteiger partial charge in [-0.2, -0.15) is 0 Å². The number of hydrogen-bond acceptors (Lipinski definition) is 5. The maximum Gasteiger partial charge on any atom is 0.262 e. The molecule has 110 valence electrons. The van der Waals surface area contributed by atoms with Crippen LogP contribution in [-0.4, -0.2) is 24.1 Å². The summed E-state index contributed by atoms with van der Waals surface area (Å²) in [5, 5.41) is 2.73. The van der Waals surface area contributed by atoms with Crippen LogP contribution in [0, 0.1) is 0 Å². The molecule has 0 unspecified atom stereocenters. The van der Waals surface area contributed by atoms with E-state index in [1.54, 1.807) is 30.5 Å². The first kappa shape index (κ1) is 14.6. The molecule has 21 heavy (non-hydrogen) atoms. The molecule has 2 aromatic rings. The highest BCUT2D eigenvalue weighted by Crippen LogP contribution is 2.23. The average Bonchev–Trinajstić information content (AvgIpc) is 2.49. The summed E-state index contributed by atoms with van der Waals surface area (Å²) in [5.41, 5.74) is 6.24. The molecule has 3 N–H and O–H groups in total. The topological polar surface area (TPSA) is 86.5 Å². The van der Waals surface area contributed by atoms with Crippen molar-refractivity contribution < 1.29 is 14.3 Å². The number of ether oxygens (including phenoxy) is 2. The lowest BCUT2D eigenvalue weighted by molar-refractivity contribution is -0.118. The van der Waals surface area contributed by atoms with Crippen LogP contribution in [0.3, 0.4) is 0 Å². The third-order valence-electron chi connectivity index (χ3n) is 2.62. The summed E-state index contributed by atoms with van der Waals surface area (Å²) >= 11 is 0. The van der Waals surface area contributed by atoms with Gasteiger partial charge < -0.3 is 20.5 Å². The lowest BCUT2D eigenvalue weighted by Crippen LogP contribution is -2.21. The van der Waals surface area contributed by atoms with Crippen LogP contribution in [0.4, 0.5) is 11.5 Å². The smallest absolute Gasteiger partial charge is 0.262 e. The van der Waals surface area contributed by atoms with Crippen molar-refractivity contribution in [2.75, 3.05) is 24.3 Å². The second-order valence-corrected chi connectivity index (χ2v) is 4.15. The highest BCUT2D eigenvalue weighted by molar-refractivity contribution is 5.93. The molecule has 1 amide bonds. The van der Waals surface area contributed by atoms with Gasteiger partial charge in [-0.15, -0.1) is 0 Å². The number of carbonyl (C=O) groups is 1. The van der Waals surface area contributed by atoms with Crippen LogP contribution in [-0.2, 0) is 4.79 Å². The Morgan fingerprint density at radius 1 is 1.19 bits per heavy atom. The average molecular weight is 287 g/mol. The van der Waals surface area contributed by atoms with E-state index in [1.165, 1.54) is 0 Å². The second-order valence-electron chi connectivity index (χ2n) is 4.15. The van der Waals surface area contributed by atoms with Crippen molar-refractivity contribution >= 4 is 17.4 Å². The van der Waals surface area contributed by atoms with Crippen molar-refractivity contribution in [2.45, 2.75) is 6.92 Å². The highest BCUT2D eigenvalue weighted by atomic mass is 16.5. The van der Waals surface area contributed by atoms with Gasteiger partial charge in [-0.3, -0.25) is 4.79 Å². The van der Waals surface area contributed by atoms with Crippen LogP contribution >= 0.6 is 0 Å². The Hall–Kier alpha value is -2.76. The molecule has 6 heteroatoms. The van der Waals surface area contributed by atoms with E-state index in [0.29, 0.717) is 23.8 Å². The van der Waals surface area contributed by atoms with Crippen LogP contribution in [0.25, 0.3) is 0 Å². The third kappa shape index (κ3) is 4.10. The zero-order valence-electron chi connectivity index (χ0n) is 11.7. The Labute approximate surface area is 122 Å². The Morgan fingerprint density at radius 3 is 2.71 bits per heavy atom. The number of pyridine rings is 1. The van der Waals surface area contributed by atoms with Crippen LogP contribution in [0.1, 0.15) is 6.92 Å². The van der Waals surface area contributed by atoms with Gasteiger partial charge in [0.15, 0.2) is 18.2 Å². The van der Waals surface area contributed by atoms with Crippen LogP contribution in [0.5, 0.6) is 11.5 Å². The maximum atomic E-state index is 11.9. The summed E-state index contributed by atoms with van der Waals surface area (Å²) in [5.74, 6) is 0.949. The predicted molar refractivity (Wildman–Crippen MR) is 80.4 cm³/mol. The number of aromatic nitrogens is 1. The minimum Gasteiger partial charge on any atom is -0.492 e. The number of nitrogens with zero attached hydrogens (tertiary/aromatic N) is 1. The van der Waals surface area contributed by atoms with Crippen molar-refractivity contribution in [3.63, 3.8) is 0 Å². The molecule has 1 aromatic heterocycles. The third-order valence-corrected chi connectivity index (χ3v) is 2.62. The number of carbonyl (C=O) groups excluding carboxylic acids is 1. The zero-order chi connectivity index (χ0) is 15.1. The summed E-state index contributed by atoms with van der Waals surface area (Å²) in [6.07, 6.45) is 1.56. The van der Waals surface area contributed by atoms with E-state index >= 15 is 0 Å². The molecule has 0 bridgehead atoms. The van der Waals surface area contributed by atoms with Gasteiger partial charge in [0.25, 0.3) is 5.91 Å². The van der Waals surface area contributed by atoms with Gasteiger partial charge in [-0.25, -0.2) is 4.98 Å². The first-order chi connectivity index (χ1) is 10.2. The van der Waals surface area contributed by atoms with E-state index in [0.717, 1.165) is 0 Å². The molecule has 0 saturated carbocycles. The standard InChI is InChI=1S/C15H17N3O3/c1-2-20-12-7-4-3-6-11(12)18-14(19)10-21-13-8-5-9-17-15(13)16/h3-9H,2,10H2,1H3,(H2,16,17)(H,18,19). The van der Waals surface area contributed by atoms with Crippen LogP contribution in [0.2, 0.25) is 0 Å². The molecule has 0 aliphatic heterocycles. The first-order valence-corrected chi connectivity index (χ1v) is 6.55. The summed E-state index contributed by atoms with van der Waals surface area (Å²) in [7, 11) is 0. The molecule has 0 radical (unpaired) electrons. The van der Waals surface area contributed by atoms with E-state index in [2.05, 4.69) is 10.3 Å². The minimum absolute atomic E-state index is 0.156. The summed E-state index contributed by atoms with van der Waals surface area (Å²) in [6.45, 7) is 2.25. The summed E-state index contributed by atoms with van der Waals surface area (Å²) in [6, 6.07) is 10.6. The largest absolute Gasteiger partial charge is 0.492 e. The van der Waals surface area contributed by atoms with Gasteiger partial charge in [0.1, 0.15) is 5.75 Å². The maximum absolute atomic E-state index is 11.9. The van der Waals surface area contributed by atoms with Gasteiger partial charge in [0.05, 0.1) is 12.3 Å². The highest BCUT2D eigenvalue weighted by Gasteiger charge is 2.09. The number of anilines is 2. The number of amides is 1. The minimum atomic E-state index is -0.301. The number of nitrogen functional groups attached to an aromatic ring is 1. The Kier molecular flexibility index (Phi) is 4.98. The number of nitrogens with two attached hydrogens (primary N) is 1. The molecule has 0 aliphatic carbocycles. The van der Waals surface area contributed by atoms with E-state index in [9.17, 15) is 4.79 Å². The van der Waals surface area contributed by atoms with E-state index in [1.807, 2.05) is 19.1 Å². The van der Waals surface area contributed by atoms with Gasteiger partial charge in [-0.05, 0) is 31.2 Å². The Balaban J connectivity index is 1.95. The molecule has 2 rings (SSSR count). The van der Waals surface area contributed by atoms with Crippen molar-refractivity contribution in [3.05, 3.63) is 42.6 Å². The van der Waals surface area contributed by atoms with Gasteiger partial charge in [-0.1, -0.05) is 12.1 Å². The molecule has 1 heterocycles. The predicted octanol–water partition coefficient (Wildman–Crippen LogP) is 2.08. The molecule has 1 aromatic carbocycles. The fraction of sp³-hybridized carbons (Fsp3) is 0.200. The van der Waals surface area contributed by atoms with Crippen LogP contribution in [0.15, 0.2) is 42.6 Å². The van der Waals surface area contributed by atoms with Crippen molar-refractivity contribution in [3.8, 4) is 11.5 Å². The fourth-order valence-corrected chi connectivity index (χ4v) is 1.71. The summed E-state index contributed by atoms with van der Waals surface area (Å²) < 4.78 is 10.8. The van der Waals surface area contributed by atoms with E-state index < -0.39 is 0 Å². The van der Waals surface area contributed by atoms with Crippen LogP contribution < -0.4 is 20.5 Å². The number of hydrogen-bond donors (Lipinski definition) is 2. The van der Waals surface area contributed by atoms with Gasteiger partial charge in [0.2, 0.25) is 0 Å². The normalized spacial score (nSPS) is 9.95. The lowest BCUT2D eigenvalue weighted by atomic mass is 10.3. The molecule has 0 aliphatic rings. The molecular weight excluding hydrogens is 270 g/mol. The Bertz CT molecular complexity index is 617. The van der Waals surface area contributed by atoms with E-state index in [-0.39, 0.29) is 18.3 Å². The number of para-hydroxylation sites is 2. The molecule has 6 nitrogen and oxygen atoms in total. The monoisotopic (exact) mass is 287 g/mol. The molecule has 0 spiro atoms. The first-order valence-electron chi connectivity index (χ1n) is 6.55. The zero-order valence-corrected chi connectivity index (χ0v) is 11.7. The number of rotatable bonds is 6. The molecule has 0 saturated heterocycles. The molecule has 0 atom stereocenters. The summed E-state index contributed by atoms with van der Waals surface area (Å²) in [4.78, 5) is 15.8. The Morgan fingerprint density at radius 2 is 1.95 bits per heavy atom. The molecule has 0 fully saturated rings. The van der Waals surface area contributed by atoms with Crippen molar-refractivity contribution in [1.29, 1.82) is 0 Å². The number of benzene rings is 1.